The first-order valence-electron chi connectivity index (χ1n) is 4.23. The second kappa shape index (κ2) is 5.70. The van der Waals surface area contributed by atoms with Gasteiger partial charge in [-0.1, -0.05) is 17.8 Å². The fraction of sp³-hybridized carbons (Fsp3) is 0.167. The van der Waals surface area contributed by atoms with Crippen LogP contribution in [0.3, 0.4) is 0 Å². The highest BCUT2D eigenvalue weighted by molar-refractivity contribution is 5.23. The van der Waals surface area contributed by atoms with Gasteiger partial charge in [-0.15, -0.1) is 6.42 Å². The first kappa shape index (κ1) is 11.1. The Morgan fingerprint density at radius 3 is 2.67 bits per heavy atom. The lowest BCUT2D eigenvalue weighted by Crippen LogP contribution is -1.99. The second-order valence-electron chi connectivity index (χ2n) is 2.63. The molecule has 0 radical (unpaired) electrons. The molecule has 1 aromatic rings. The fourth-order valence-electron chi connectivity index (χ4n) is 0.830. The highest BCUT2D eigenvalue weighted by Crippen LogP contribution is 2.10. The molecule has 0 fully saturated rings. The Balaban J connectivity index is 2.41. The van der Waals surface area contributed by atoms with E-state index in [-0.39, 0.29) is 12.4 Å². The molecule has 0 aromatic heterocycles. The minimum absolute atomic E-state index is 0.102. The molecular formula is C12H9FO2. The Kier molecular flexibility index (Phi) is 4.22. The van der Waals surface area contributed by atoms with E-state index in [4.69, 9.17) is 16.3 Å². The molecule has 0 saturated carbocycles. The summed E-state index contributed by atoms with van der Waals surface area (Å²) in [4.78, 5) is 0. The summed E-state index contributed by atoms with van der Waals surface area (Å²) in [5.41, 5.74) is 0. The van der Waals surface area contributed by atoms with Gasteiger partial charge in [-0.3, -0.25) is 0 Å². The zero-order valence-corrected chi connectivity index (χ0v) is 7.90. The molecular weight excluding hydrogens is 195 g/mol. The predicted molar refractivity (Wildman–Crippen MR) is 54.5 cm³/mol. The van der Waals surface area contributed by atoms with Crippen LogP contribution in [0.5, 0.6) is 5.75 Å². The zero-order valence-electron chi connectivity index (χ0n) is 7.90. The van der Waals surface area contributed by atoms with Crippen LogP contribution in [0.15, 0.2) is 24.3 Å². The predicted octanol–water partition coefficient (Wildman–Crippen LogP) is 1.20. The van der Waals surface area contributed by atoms with Crippen molar-refractivity contribution in [1.29, 1.82) is 0 Å². The van der Waals surface area contributed by atoms with Crippen molar-refractivity contribution in [2.24, 2.45) is 0 Å². The molecule has 0 aliphatic heterocycles. The summed E-state index contributed by atoms with van der Waals surface area (Å²) in [6, 6.07) is 5.57. The van der Waals surface area contributed by atoms with Gasteiger partial charge < -0.3 is 9.84 Å². The maximum absolute atomic E-state index is 12.5. The summed E-state index contributed by atoms with van der Waals surface area (Å²) in [6.45, 7) is 0.102. The molecule has 3 heteroatoms. The van der Waals surface area contributed by atoms with E-state index in [1.807, 2.05) is 5.92 Å². The van der Waals surface area contributed by atoms with Crippen LogP contribution in [-0.4, -0.2) is 17.8 Å². The van der Waals surface area contributed by atoms with Crippen LogP contribution in [0.2, 0.25) is 0 Å². The lowest BCUT2D eigenvalue weighted by molar-refractivity contribution is 0.289. The maximum Gasteiger partial charge on any atom is 0.176 e. The van der Waals surface area contributed by atoms with E-state index in [0.717, 1.165) is 0 Å². The number of benzene rings is 1. The number of hydrogen-bond acceptors (Lipinski definition) is 2. The van der Waals surface area contributed by atoms with Gasteiger partial charge in [0.05, 0.1) is 0 Å². The molecule has 0 saturated heterocycles. The van der Waals surface area contributed by atoms with Gasteiger partial charge in [-0.2, -0.15) is 0 Å². The highest BCUT2D eigenvalue weighted by Gasteiger charge is 1.92. The fourth-order valence-corrected chi connectivity index (χ4v) is 0.830. The second-order valence-corrected chi connectivity index (χ2v) is 2.63. The SMILES string of the molecule is C#CC(O)C#CCOc1ccc(F)cc1. The smallest absolute Gasteiger partial charge is 0.176 e. The van der Waals surface area contributed by atoms with E-state index in [1.54, 1.807) is 0 Å². The summed E-state index contributed by atoms with van der Waals surface area (Å²) in [5, 5.41) is 8.88. The first-order valence-corrected chi connectivity index (χ1v) is 4.23. The number of ether oxygens (including phenoxy) is 1. The van der Waals surface area contributed by atoms with Crippen molar-refractivity contribution in [2.45, 2.75) is 6.10 Å². The lowest BCUT2D eigenvalue weighted by atomic mass is 10.3. The van der Waals surface area contributed by atoms with Crippen molar-refractivity contribution in [1.82, 2.24) is 0 Å². The highest BCUT2D eigenvalue weighted by atomic mass is 19.1. The number of halogens is 1. The van der Waals surface area contributed by atoms with Gasteiger partial charge in [-0.05, 0) is 24.3 Å². The summed E-state index contributed by atoms with van der Waals surface area (Å²) >= 11 is 0. The standard InChI is InChI=1S/C12H9FO2/c1-2-11(14)4-3-9-15-12-7-5-10(13)6-8-12/h1,5-8,11,14H,9H2. The number of aliphatic hydroxyl groups excluding tert-OH is 1. The Labute approximate surface area is 87.7 Å². The molecule has 0 bridgehead atoms. The monoisotopic (exact) mass is 204 g/mol. The van der Waals surface area contributed by atoms with Crippen LogP contribution in [0.25, 0.3) is 0 Å². The van der Waals surface area contributed by atoms with Crippen molar-refractivity contribution < 1.29 is 14.2 Å². The third kappa shape index (κ3) is 4.17. The van der Waals surface area contributed by atoms with Gasteiger partial charge in [0.1, 0.15) is 18.2 Å². The third-order valence-corrected chi connectivity index (χ3v) is 1.52. The summed E-state index contributed by atoms with van der Waals surface area (Å²) in [5.74, 6) is 7.16. The minimum Gasteiger partial charge on any atom is -0.481 e. The molecule has 1 rings (SSSR count). The molecule has 0 heterocycles. The number of rotatable bonds is 2. The van der Waals surface area contributed by atoms with E-state index in [2.05, 4.69) is 11.8 Å². The molecule has 76 valence electrons. The van der Waals surface area contributed by atoms with E-state index in [9.17, 15) is 4.39 Å². The number of hydrogen-bond donors (Lipinski definition) is 1. The Morgan fingerprint density at radius 2 is 2.07 bits per heavy atom. The number of aliphatic hydroxyl groups is 1. The van der Waals surface area contributed by atoms with Crippen LogP contribution in [0.4, 0.5) is 4.39 Å². The molecule has 0 amide bonds. The average molecular weight is 204 g/mol. The topological polar surface area (TPSA) is 29.5 Å². The van der Waals surface area contributed by atoms with E-state index < -0.39 is 6.10 Å². The van der Waals surface area contributed by atoms with Crippen molar-refractivity contribution in [3.05, 3.63) is 30.1 Å². The third-order valence-electron chi connectivity index (χ3n) is 1.52. The molecule has 1 atom stereocenters. The van der Waals surface area contributed by atoms with Gasteiger partial charge in [0, 0.05) is 0 Å². The normalized spacial score (nSPS) is 10.7. The van der Waals surface area contributed by atoms with Crippen molar-refractivity contribution in [2.75, 3.05) is 6.61 Å². The summed E-state index contributed by atoms with van der Waals surface area (Å²) in [7, 11) is 0. The molecule has 15 heavy (non-hydrogen) atoms. The van der Waals surface area contributed by atoms with E-state index in [1.165, 1.54) is 24.3 Å². The maximum atomic E-state index is 12.5. The molecule has 1 unspecified atom stereocenters. The minimum atomic E-state index is -1.07. The zero-order chi connectivity index (χ0) is 11.1. The van der Waals surface area contributed by atoms with Crippen LogP contribution < -0.4 is 4.74 Å². The summed E-state index contributed by atoms with van der Waals surface area (Å²) < 4.78 is 17.6. The summed E-state index contributed by atoms with van der Waals surface area (Å²) in [6.07, 6.45) is 3.83. The van der Waals surface area contributed by atoms with Gasteiger partial charge in [-0.25, -0.2) is 4.39 Å². The lowest BCUT2D eigenvalue weighted by Gasteiger charge is -2.00. The Morgan fingerprint density at radius 1 is 1.40 bits per heavy atom. The van der Waals surface area contributed by atoms with Gasteiger partial charge in [0.2, 0.25) is 0 Å². The van der Waals surface area contributed by atoms with Crippen LogP contribution in [0, 0.1) is 30.0 Å². The van der Waals surface area contributed by atoms with E-state index >= 15 is 0 Å². The van der Waals surface area contributed by atoms with Crippen LogP contribution in [-0.2, 0) is 0 Å². The van der Waals surface area contributed by atoms with Crippen LogP contribution in [0.1, 0.15) is 0 Å². The molecule has 0 spiro atoms. The molecule has 2 nitrogen and oxygen atoms in total. The molecule has 1 aromatic carbocycles. The Bertz CT molecular complexity index is 406. The quantitative estimate of drug-likeness (QED) is 0.733. The van der Waals surface area contributed by atoms with Crippen molar-refractivity contribution in [3.63, 3.8) is 0 Å². The Hall–Kier alpha value is -1.97. The first-order chi connectivity index (χ1) is 7.22. The van der Waals surface area contributed by atoms with Gasteiger partial charge in [0.15, 0.2) is 6.10 Å². The van der Waals surface area contributed by atoms with Crippen molar-refractivity contribution in [3.8, 4) is 29.9 Å². The molecule has 0 aliphatic carbocycles. The van der Waals surface area contributed by atoms with Gasteiger partial charge in [0.25, 0.3) is 0 Å². The van der Waals surface area contributed by atoms with Gasteiger partial charge >= 0.3 is 0 Å². The van der Waals surface area contributed by atoms with Crippen LogP contribution >= 0.6 is 0 Å². The number of terminal acetylenes is 1. The largest absolute Gasteiger partial charge is 0.481 e. The van der Waals surface area contributed by atoms with Crippen molar-refractivity contribution >= 4 is 0 Å². The molecule has 0 aliphatic rings. The van der Waals surface area contributed by atoms with E-state index in [0.29, 0.717) is 5.75 Å². The average Bonchev–Trinajstić information content (AvgIpc) is 2.26. The molecule has 1 N–H and O–H groups in total.